The van der Waals surface area contributed by atoms with Gasteiger partial charge in [-0.2, -0.15) is 0 Å². The number of ether oxygens (including phenoxy) is 1. The molecule has 2 heteroatoms. The van der Waals surface area contributed by atoms with E-state index in [0.29, 0.717) is 5.92 Å². The molecule has 0 spiro atoms. The predicted octanol–water partition coefficient (Wildman–Crippen LogP) is 4.11. The predicted molar refractivity (Wildman–Crippen MR) is 74.9 cm³/mol. The SMILES string of the molecule is Nc1cc(OCC2CC2)ccc1C1CCCCC1. The Bertz CT molecular complexity index is 406. The van der Waals surface area contributed by atoms with Gasteiger partial charge in [-0.3, -0.25) is 0 Å². The maximum Gasteiger partial charge on any atom is 0.121 e. The number of hydrogen-bond acceptors (Lipinski definition) is 2. The number of anilines is 1. The molecule has 2 N–H and O–H groups in total. The first-order valence-electron chi connectivity index (χ1n) is 7.35. The quantitative estimate of drug-likeness (QED) is 0.810. The van der Waals surface area contributed by atoms with Crippen molar-refractivity contribution < 1.29 is 4.74 Å². The van der Waals surface area contributed by atoms with E-state index in [1.165, 1.54) is 50.5 Å². The minimum Gasteiger partial charge on any atom is -0.493 e. The lowest BCUT2D eigenvalue weighted by Gasteiger charge is -2.23. The summed E-state index contributed by atoms with van der Waals surface area (Å²) in [5.74, 6) is 2.42. The Balaban J connectivity index is 1.66. The van der Waals surface area contributed by atoms with Gasteiger partial charge in [-0.25, -0.2) is 0 Å². The van der Waals surface area contributed by atoms with Gasteiger partial charge in [0.2, 0.25) is 0 Å². The second-order valence-corrected chi connectivity index (χ2v) is 5.88. The Kier molecular flexibility index (Phi) is 3.44. The van der Waals surface area contributed by atoms with E-state index in [-0.39, 0.29) is 0 Å². The zero-order valence-electron chi connectivity index (χ0n) is 11.0. The zero-order chi connectivity index (χ0) is 12.4. The maximum absolute atomic E-state index is 6.19. The molecular weight excluding hydrogens is 222 g/mol. The molecule has 1 aromatic carbocycles. The zero-order valence-corrected chi connectivity index (χ0v) is 11.0. The molecule has 98 valence electrons. The monoisotopic (exact) mass is 245 g/mol. The first-order chi connectivity index (χ1) is 8.83. The highest BCUT2D eigenvalue weighted by atomic mass is 16.5. The molecule has 2 saturated carbocycles. The Hall–Kier alpha value is -1.18. The van der Waals surface area contributed by atoms with E-state index >= 15 is 0 Å². The van der Waals surface area contributed by atoms with Gasteiger partial charge in [0, 0.05) is 11.8 Å². The fourth-order valence-corrected chi connectivity index (χ4v) is 2.93. The molecule has 0 heterocycles. The van der Waals surface area contributed by atoms with Crippen molar-refractivity contribution in [2.24, 2.45) is 5.92 Å². The van der Waals surface area contributed by atoms with Crippen LogP contribution in [0.1, 0.15) is 56.4 Å². The third kappa shape index (κ3) is 2.80. The van der Waals surface area contributed by atoms with Crippen LogP contribution in [-0.4, -0.2) is 6.61 Å². The van der Waals surface area contributed by atoms with E-state index < -0.39 is 0 Å². The molecule has 2 fully saturated rings. The molecular formula is C16H23NO. The van der Waals surface area contributed by atoms with Gasteiger partial charge in [-0.05, 0) is 49.1 Å². The van der Waals surface area contributed by atoms with Crippen molar-refractivity contribution in [3.05, 3.63) is 23.8 Å². The molecule has 0 atom stereocenters. The van der Waals surface area contributed by atoms with E-state index in [2.05, 4.69) is 12.1 Å². The molecule has 2 aliphatic carbocycles. The summed E-state index contributed by atoms with van der Waals surface area (Å²) in [5, 5.41) is 0. The second-order valence-electron chi connectivity index (χ2n) is 5.88. The Labute approximate surface area is 110 Å². The van der Waals surface area contributed by atoms with Crippen molar-refractivity contribution in [3.63, 3.8) is 0 Å². The topological polar surface area (TPSA) is 35.2 Å². The van der Waals surface area contributed by atoms with Gasteiger partial charge in [-0.15, -0.1) is 0 Å². The van der Waals surface area contributed by atoms with Crippen LogP contribution in [0.3, 0.4) is 0 Å². The second kappa shape index (κ2) is 5.21. The number of benzene rings is 1. The molecule has 0 aromatic heterocycles. The highest BCUT2D eigenvalue weighted by molar-refractivity contribution is 5.53. The molecule has 2 nitrogen and oxygen atoms in total. The summed E-state index contributed by atoms with van der Waals surface area (Å²) >= 11 is 0. The molecule has 0 bridgehead atoms. The molecule has 0 aliphatic heterocycles. The minimum atomic E-state index is 0.677. The first-order valence-corrected chi connectivity index (χ1v) is 7.35. The van der Waals surface area contributed by atoms with E-state index in [0.717, 1.165) is 24.0 Å². The van der Waals surface area contributed by atoms with Crippen LogP contribution in [0.15, 0.2) is 18.2 Å². The Morgan fingerprint density at radius 1 is 1.06 bits per heavy atom. The van der Waals surface area contributed by atoms with Crippen LogP contribution in [0.25, 0.3) is 0 Å². The van der Waals surface area contributed by atoms with E-state index in [9.17, 15) is 0 Å². The van der Waals surface area contributed by atoms with Crippen LogP contribution in [0.5, 0.6) is 5.75 Å². The first kappa shape index (κ1) is 11.9. The maximum atomic E-state index is 6.19. The third-order valence-corrected chi connectivity index (χ3v) is 4.29. The normalized spacial score (nSPS) is 20.9. The average Bonchev–Trinajstić information content (AvgIpc) is 3.21. The lowest BCUT2D eigenvalue weighted by atomic mass is 9.83. The fraction of sp³-hybridized carbons (Fsp3) is 0.625. The summed E-state index contributed by atoms with van der Waals surface area (Å²) in [5.41, 5.74) is 8.46. The standard InChI is InChI=1S/C16H23NO/c17-16-10-14(18-11-12-6-7-12)8-9-15(16)13-4-2-1-3-5-13/h8-10,12-13H,1-7,11,17H2. The van der Waals surface area contributed by atoms with Gasteiger partial charge in [0.25, 0.3) is 0 Å². The van der Waals surface area contributed by atoms with E-state index in [1.54, 1.807) is 0 Å². The lowest BCUT2D eigenvalue weighted by Crippen LogP contribution is -2.08. The summed E-state index contributed by atoms with van der Waals surface area (Å²) in [4.78, 5) is 0. The van der Waals surface area contributed by atoms with Crippen LogP contribution < -0.4 is 10.5 Å². The highest BCUT2D eigenvalue weighted by Gasteiger charge is 2.22. The smallest absolute Gasteiger partial charge is 0.121 e. The number of nitrogen functional groups attached to an aromatic ring is 1. The van der Waals surface area contributed by atoms with Crippen LogP contribution >= 0.6 is 0 Å². The highest BCUT2D eigenvalue weighted by Crippen LogP contribution is 2.37. The van der Waals surface area contributed by atoms with Crippen molar-refractivity contribution in [1.29, 1.82) is 0 Å². The van der Waals surface area contributed by atoms with Crippen molar-refractivity contribution in [2.45, 2.75) is 50.9 Å². The summed E-state index contributed by atoms with van der Waals surface area (Å²) in [7, 11) is 0. The molecule has 0 radical (unpaired) electrons. The lowest BCUT2D eigenvalue weighted by molar-refractivity contribution is 0.300. The van der Waals surface area contributed by atoms with Crippen molar-refractivity contribution in [1.82, 2.24) is 0 Å². The molecule has 18 heavy (non-hydrogen) atoms. The van der Waals surface area contributed by atoms with Crippen molar-refractivity contribution in [2.75, 3.05) is 12.3 Å². The number of hydrogen-bond donors (Lipinski definition) is 1. The van der Waals surface area contributed by atoms with Crippen LogP contribution in [0, 0.1) is 5.92 Å². The minimum absolute atomic E-state index is 0.677. The number of rotatable bonds is 4. The molecule has 1 aromatic rings. The van der Waals surface area contributed by atoms with Crippen molar-refractivity contribution in [3.8, 4) is 5.75 Å². The van der Waals surface area contributed by atoms with Gasteiger partial charge < -0.3 is 10.5 Å². The summed E-state index contributed by atoms with van der Waals surface area (Å²) in [6.45, 7) is 0.863. The van der Waals surface area contributed by atoms with E-state index in [4.69, 9.17) is 10.5 Å². The van der Waals surface area contributed by atoms with Crippen molar-refractivity contribution >= 4 is 5.69 Å². The molecule has 0 unspecified atom stereocenters. The van der Waals surface area contributed by atoms with Gasteiger partial charge >= 0.3 is 0 Å². The van der Waals surface area contributed by atoms with E-state index in [1.807, 2.05) is 6.07 Å². The number of nitrogens with two attached hydrogens (primary N) is 1. The summed E-state index contributed by atoms with van der Waals surface area (Å²) < 4.78 is 5.77. The largest absolute Gasteiger partial charge is 0.493 e. The Morgan fingerprint density at radius 3 is 2.50 bits per heavy atom. The molecule has 0 saturated heterocycles. The molecule has 0 amide bonds. The fourth-order valence-electron chi connectivity index (χ4n) is 2.93. The van der Waals surface area contributed by atoms with Crippen LogP contribution in [-0.2, 0) is 0 Å². The van der Waals surface area contributed by atoms with Gasteiger partial charge in [0.1, 0.15) is 5.75 Å². The summed E-state index contributed by atoms with van der Waals surface area (Å²) in [6, 6.07) is 6.31. The third-order valence-electron chi connectivity index (χ3n) is 4.29. The van der Waals surface area contributed by atoms with Gasteiger partial charge in [0.05, 0.1) is 6.61 Å². The Morgan fingerprint density at radius 2 is 1.83 bits per heavy atom. The average molecular weight is 245 g/mol. The molecule has 3 rings (SSSR count). The van der Waals surface area contributed by atoms with Gasteiger partial charge in [-0.1, -0.05) is 25.3 Å². The molecule has 2 aliphatic rings. The van der Waals surface area contributed by atoms with Gasteiger partial charge in [0.15, 0.2) is 0 Å². The summed E-state index contributed by atoms with van der Waals surface area (Å²) in [6.07, 6.45) is 9.34. The van der Waals surface area contributed by atoms with Crippen LogP contribution in [0.2, 0.25) is 0 Å². The van der Waals surface area contributed by atoms with Crippen LogP contribution in [0.4, 0.5) is 5.69 Å².